The van der Waals surface area contributed by atoms with E-state index in [1.54, 1.807) is 17.8 Å². The second-order valence-electron chi connectivity index (χ2n) is 4.39. The molecule has 0 radical (unpaired) electrons. The maximum atomic E-state index is 11.1. The van der Waals surface area contributed by atoms with E-state index in [1.165, 1.54) is 6.92 Å². The molecule has 0 saturated carbocycles. The van der Waals surface area contributed by atoms with Crippen LogP contribution in [0.5, 0.6) is 5.75 Å². The first-order valence-corrected chi connectivity index (χ1v) is 6.31. The van der Waals surface area contributed by atoms with Gasteiger partial charge in [-0.1, -0.05) is 0 Å². The lowest BCUT2D eigenvalue weighted by Gasteiger charge is -2.04. The molecule has 1 N–H and O–H groups in total. The number of anilines is 1. The second kappa shape index (κ2) is 5.20. The van der Waals surface area contributed by atoms with Crippen LogP contribution in [0, 0.1) is 0 Å². The number of nitrogens with zero attached hydrogens (tertiary/aromatic N) is 4. The zero-order valence-electron chi connectivity index (χ0n) is 11.6. The van der Waals surface area contributed by atoms with Crippen molar-refractivity contribution in [3.05, 3.63) is 36.5 Å². The molecule has 0 unspecified atom stereocenters. The number of aromatic nitrogens is 4. The van der Waals surface area contributed by atoms with Crippen LogP contribution in [0.25, 0.3) is 17.0 Å². The highest BCUT2D eigenvalue weighted by atomic mass is 16.5. The number of benzene rings is 1. The third kappa shape index (κ3) is 2.53. The third-order valence-electron chi connectivity index (χ3n) is 2.91. The number of carbonyl (C=O) groups excluding carboxylic acids is 1. The maximum Gasteiger partial charge on any atom is 0.254 e. The Labute approximate surface area is 120 Å². The van der Waals surface area contributed by atoms with Gasteiger partial charge < -0.3 is 4.74 Å². The van der Waals surface area contributed by atoms with Crippen molar-refractivity contribution in [3.63, 3.8) is 0 Å². The van der Waals surface area contributed by atoms with Crippen LogP contribution in [-0.4, -0.2) is 32.6 Å². The Kier molecular flexibility index (Phi) is 3.23. The summed E-state index contributed by atoms with van der Waals surface area (Å²) in [7, 11) is 1.62. The van der Waals surface area contributed by atoms with E-state index in [0.717, 1.165) is 17.0 Å². The molecule has 1 aromatic carbocycles. The Balaban J connectivity index is 2.08. The van der Waals surface area contributed by atoms with E-state index < -0.39 is 0 Å². The standard InChI is InChI=1S/C14H13N5O2/c1-9(20)16-13-17-14-15-8-7-12(19(14)18-13)10-3-5-11(21-2)6-4-10/h3-8H,1-2H3,(H,16,18,20). The van der Waals surface area contributed by atoms with Gasteiger partial charge in [0.15, 0.2) is 0 Å². The number of hydrogen-bond acceptors (Lipinski definition) is 5. The lowest BCUT2D eigenvalue weighted by Crippen LogP contribution is -2.07. The van der Waals surface area contributed by atoms with Gasteiger partial charge in [-0.05, 0) is 30.3 Å². The van der Waals surface area contributed by atoms with Crippen molar-refractivity contribution in [1.82, 2.24) is 19.6 Å². The Bertz CT molecular complexity index is 795. The van der Waals surface area contributed by atoms with Crippen LogP contribution in [0.1, 0.15) is 6.92 Å². The van der Waals surface area contributed by atoms with E-state index in [2.05, 4.69) is 20.4 Å². The summed E-state index contributed by atoms with van der Waals surface area (Å²) in [6.07, 6.45) is 1.65. The average molecular weight is 283 g/mol. The second-order valence-corrected chi connectivity index (χ2v) is 4.39. The van der Waals surface area contributed by atoms with Crippen molar-refractivity contribution in [2.24, 2.45) is 0 Å². The van der Waals surface area contributed by atoms with E-state index in [1.807, 2.05) is 30.3 Å². The summed E-state index contributed by atoms with van der Waals surface area (Å²) < 4.78 is 6.74. The predicted octanol–water partition coefficient (Wildman–Crippen LogP) is 1.76. The number of fused-ring (bicyclic) bond motifs is 1. The van der Waals surface area contributed by atoms with Crippen molar-refractivity contribution in [3.8, 4) is 17.0 Å². The molecular weight excluding hydrogens is 270 g/mol. The van der Waals surface area contributed by atoms with Gasteiger partial charge >= 0.3 is 0 Å². The van der Waals surface area contributed by atoms with E-state index >= 15 is 0 Å². The van der Waals surface area contributed by atoms with Gasteiger partial charge in [0, 0.05) is 18.7 Å². The quantitative estimate of drug-likeness (QED) is 0.792. The number of nitrogens with one attached hydrogen (secondary N) is 1. The van der Waals surface area contributed by atoms with Crippen LogP contribution in [0.15, 0.2) is 36.5 Å². The fourth-order valence-electron chi connectivity index (χ4n) is 1.98. The topological polar surface area (TPSA) is 81.4 Å². The zero-order valence-corrected chi connectivity index (χ0v) is 11.6. The maximum absolute atomic E-state index is 11.1. The van der Waals surface area contributed by atoms with E-state index in [9.17, 15) is 4.79 Å². The Morgan fingerprint density at radius 3 is 2.67 bits per heavy atom. The van der Waals surface area contributed by atoms with Gasteiger partial charge in [0.2, 0.25) is 5.91 Å². The number of ether oxygens (including phenoxy) is 1. The molecule has 0 aliphatic carbocycles. The minimum atomic E-state index is -0.225. The highest BCUT2D eigenvalue weighted by Crippen LogP contribution is 2.22. The lowest BCUT2D eigenvalue weighted by atomic mass is 10.1. The molecule has 106 valence electrons. The van der Waals surface area contributed by atoms with Crippen LogP contribution in [0.2, 0.25) is 0 Å². The van der Waals surface area contributed by atoms with E-state index in [4.69, 9.17) is 4.74 Å². The predicted molar refractivity (Wildman–Crippen MR) is 77.1 cm³/mol. The van der Waals surface area contributed by atoms with Gasteiger partial charge in [0.1, 0.15) is 5.75 Å². The minimum Gasteiger partial charge on any atom is -0.497 e. The number of rotatable bonds is 3. The molecule has 2 heterocycles. The summed E-state index contributed by atoms with van der Waals surface area (Å²) in [5.74, 6) is 1.21. The van der Waals surface area contributed by atoms with Gasteiger partial charge in [0.25, 0.3) is 11.7 Å². The Morgan fingerprint density at radius 1 is 1.24 bits per heavy atom. The third-order valence-corrected chi connectivity index (χ3v) is 2.91. The average Bonchev–Trinajstić information content (AvgIpc) is 2.88. The van der Waals surface area contributed by atoms with Crippen LogP contribution < -0.4 is 10.1 Å². The first kappa shape index (κ1) is 13.0. The monoisotopic (exact) mass is 283 g/mol. The largest absolute Gasteiger partial charge is 0.497 e. The van der Waals surface area contributed by atoms with Gasteiger partial charge in [-0.25, -0.2) is 4.98 Å². The van der Waals surface area contributed by atoms with Crippen LogP contribution in [-0.2, 0) is 4.79 Å². The number of methoxy groups -OCH3 is 1. The molecule has 0 aliphatic rings. The van der Waals surface area contributed by atoms with Crippen molar-refractivity contribution in [2.45, 2.75) is 6.92 Å². The van der Waals surface area contributed by atoms with E-state index in [-0.39, 0.29) is 11.9 Å². The Morgan fingerprint density at radius 2 is 2.00 bits per heavy atom. The summed E-state index contributed by atoms with van der Waals surface area (Å²) in [4.78, 5) is 19.4. The highest BCUT2D eigenvalue weighted by molar-refractivity contribution is 5.86. The molecular formula is C14H13N5O2. The Hall–Kier alpha value is -2.96. The molecule has 3 rings (SSSR count). The van der Waals surface area contributed by atoms with Crippen molar-refractivity contribution < 1.29 is 9.53 Å². The normalized spacial score (nSPS) is 10.6. The van der Waals surface area contributed by atoms with Crippen LogP contribution in [0.3, 0.4) is 0 Å². The molecule has 0 bridgehead atoms. The smallest absolute Gasteiger partial charge is 0.254 e. The molecule has 2 aromatic heterocycles. The fourth-order valence-corrected chi connectivity index (χ4v) is 1.98. The molecule has 0 spiro atoms. The molecule has 0 aliphatic heterocycles. The van der Waals surface area contributed by atoms with Gasteiger partial charge in [0.05, 0.1) is 12.8 Å². The highest BCUT2D eigenvalue weighted by Gasteiger charge is 2.10. The molecule has 0 fully saturated rings. The van der Waals surface area contributed by atoms with Crippen molar-refractivity contribution in [1.29, 1.82) is 0 Å². The van der Waals surface area contributed by atoms with Crippen molar-refractivity contribution >= 4 is 17.6 Å². The molecule has 0 atom stereocenters. The minimum absolute atomic E-state index is 0.225. The summed E-state index contributed by atoms with van der Waals surface area (Å²) in [6.45, 7) is 1.41. The molecule has 21 heavy (non-hydrogen) atoms. The number of hydrogen-bond donors (Lipinski definition) is 1. The van der Waals surface area contributed by atoms with Crippen LogP contribution >= 0.6 is 0 Å². The van der Waals surface area contributed by atoms with E-state index in [0.29, 0.717) is 5.78 Å². The lowest BCUT2D eigenvalue weighted by molar-refractivity contribution is -0.114. The molecule has 0 saturated heterocycles. The number of carbonyl (C=O) groups is 1. The molecule has 3 aromatic rings. The summed E-state index contributed by atoms with van der Waals surface area (Å²) >= 11 is 0. The first-order chi connectivity index (χ1) is 10.2. The van der Waals surface area contributed by atoms with Crippen LogP contribution in [0.4, 0.5) is 5.95 Å². The summed E-state index contributed by atoms with van der Waals surface area (Å²) in [5.41, 5.74) is 1.77. The van der Waals surface area contributed by atoms with Crippen molar-refractivity contribution in [2.75, 3.05) is 12.4 Å². The summed E-state index contributed by atoms with van der Waals surface area (Å²) in [5, 5.41) is 6.80. The van der Waals surface area contributed by atoms with Gasteiger partial charge in [-0.15, -0.1) is 5.10 Å². The van der Waals surface area contributed by atoms with Gasteiger partial charge in [-0.2, -0.15) is 9.50 Å². The SMILES string of the molecule is COc1ccc(-c2ccnc3nc(NC(C)=O)nn23)cc1. The molecule has 7 heteroatoms. The number of amides is 1. The molecule has 1 amide bonds. The zero-order chi connectivity index (χ0) is 14.8. The first-order valence-electron chi connectivity index (χ1n) is 6.31. The fraction of sp³-hybridized carbons (Fsp3) is 0.143. The molecule has 7 nitrogen and oxygen atoms in total. The summed E-state index contributed by atoms with van der Waals surface area (Å²) in [6, 6.07) is 9.42. The van der Waals surface area contributed by atoms with Gasteiger partial charge in [-0.3, -0.25) is 10.1 Å².